The van der Waals surface area contributed by atoms with Gasteiger partial charge in [0.05, 0.1) is 5.56 Å². The van der Waals surface area contributed by atoms with Gasteiger partial charge in [0, 0.05) is 31.2 Å². The van der Waals surface area contributed by atoms with E-state index in [-0.39, 0.29) is 23.3 Å². The highest BCUT2D eigenvalue weighted by molar-refractivity contribution is 5.98. The van der Waals surface area contributed by atoms with Crippen LogP contribution in [0.1, 0.15) is 28.8 Å². The molecule has 26 heavy (non-hydrogen) atoms. The summed E-state index contributed by atoms with van der Waals surface area (Å²) in [5, 5.41) is 0. The summed E-state index contributed by atoms with van der Waals surface area (Å²) in [5.41, 5.74) is 2.33. The third kappa shape index (κ3) is 2.98. The van der Waals surface area contributed by atoms with Crippen LogP contribution < -0.4 is 4.90 Å². The lowest BCUT2D eigenvalue weighted by Gasteiger charge is -2.33. The summed E-state index contributed by atoms with van der Waals surface area (Å²) in [6, 6.07) is 14.1. The molecule has 0 radical (unpaired) electrons. The second-order valence-electron chi connectivity index (χ2n) is 6.91. The normalized spacial score (nSPS) is 17.3. The molecule has 0 aliphatic carbocycles. The van der Waals surface area contributed by atoms with Crippen molar-refractivity contribution in [3.8, 4) is 0 Å². The lowest BCUT2D eigenvalue weighted by molar-refractivity contribution is -0.123. The average molecular weight is 352 g/mol. The Morgan fingerprint density at radius 3 is 2.38 bits per heavy atom. The lowest BCUT2D eigenvalue weighted by Crippen LogP contribution is -2.44. The Kier molecular flexibility index (Phi) is 4.45. The Morgan fingerprint density at radius 2 is 1.62 bits per heavy atom. The predicted octanol–water partition coefficient (Wildman–Crippen LogP) is 3.27. The number of hydrogen-bond acceptors (Lipinski definition) is 2. The standard InChI is InChI=1S/C21H21FN2O2/c22-18-7-3-2-6-17(18)21(26)23-12-9-16(10-13-23)20(25)24-14-11-15-5-1-4-8-19(15)24/h1-8,16H,9-14H2. The smallest absolute Gasteiger partial charge is 0.256 e. The SMILES string of the molecule is O=C(c1ccccc1F)N1CCC(C(=O)N2CCc3ccccc32)CC1. The molecule has 1 fully saturated rings. The van der Waals surface area contributed by atoms with Gasteiger partial charge in [-0.2, -0.15) is 0 Å². The van der Waals surface area contributed by atoms with E-state index < -0.39 is 5.82 Å². The van der Waals surface area contributed by atoms with Crippen LogP contribution in [0.5, 0.6) is 0 Å². The van der Waals surface area contributed by atoms with E-state index >= 15 is 0 Å². The van der Waals surface area contributed by atoms with Crippen molar-refractivity contribution in [2.75, 3.05) is 24.5 Å². The highest BCUT2D eigenvalue weighted by atomic mass is 19.1. The molecule has 1 saturated heterocycles. The molecular weight excluding hydrogens is 331 g/mol. The summed E-state index contributed by atoms with van der Waals surface area (Å²) >= 11 is 0. The average Bonchev–Trinajstić information content (AvgIpc) is 3.11. The molecule has 134 valence electrons. The molecule has 2 aliphatic rings. The number of nitrogens with zero attached hydrogens (tertiary/aromatic N) is 2. The van der Waals surface area contributed by atoms with Gasteiger partial charge in [0.25, 0.3) is 5.91 Å². The van der Waals surface area contributed by atoms with Gasteiger partial charge in [0.15, 0.2) is 0 Å². The number of piperidine rings is 1. The predicted molar refractivity (Wildman–Crippen MR) is 97.5 cm³/mol. The molecule has 0 N–H and O–H groups in total. The first-order valence-electron chi connectivity index (χ1n) is 9.08. The van der Waals surface area contributed by atoms with Crippen LogP contribution in [0.4, 0.5) is 10.1 Å². The summed E-state index contributed by atoms with van der Waals surface area (Å²) < 4.78 is 13.8. The third-order valence-electron chi connectivity index (χ3n) is 5.39. The van der Waals surface area contributed by atoms with Crippen molar-refractivity contribution in [3.05, 3.63) is 65.5 Å². The Balaban J connectivity index is 1.40. The highest BCUT2D eigenvalue weighted by Gasteiger charge is 2.33. The van der Waals surface area contributed by atoms with Crippen molar-refractivity contribution in [1.29, 1.82) is 0 Å². The molecular formula is C21H21FN2O2. The number of hydrogen-bond donors (Lipinski definition) is 0. The van der Waals surface area contributed by atoms with E-state index in [1.165, 1.54) is 17.7 Å². The van der Waals surface area contributed by atoms with Crippen molar-refractivity contribution in [1.82, 2.24) is 4.90 Å². The second-order valence-corrected chi connectivity index (χ2v) is 6.91. The number of rotatable bonds is 2. The number of benzene rings is 2. The number of carbonyl (C=O) groups is 2. The molecule has 2 heterocycles. The third-order valence-corrected chi connectivity index (χ3v) is 5.39. The van der Waals surface area contributed by atoms with Gasteiger partial charge in [-0.25, -0.2) is 4.39 Å². The van der Waals surface area contributed by atoms with Gasteiger partial charge in [-0.3, -0.25) is 9.59 Å². The van der Waals surface area contributed by atoms with Gasteiger partial charge in [-0.1, -0.05) is 30.3 Å². The topological polar surface area (TPSA) is 40.6 Å². The van der Waals surface area contributed by atoms with E-state index in [0.29, 0.717) is 25.9 Å². The van der Waals surface area contributed by atoms with Crippen molar-refractivity contribution in [3.63, 3.8) is 0 Å². The van der Waals surface area contributed by atoms with Crippen LogP contribution in [0.2, 0.25) is 0 Å². The molecule has 2 aromatic carbocycles. The van der Waals surface area contributed by atoms with Gasteiger partial charge in [-0.05, 0) is 43.0 Å². The van der Waals surface area contributed by atoms with Crippen molar-refractivity contribution >= 4 is 17.5 Å². The van der Waals surface area contributed by atoms with E-state index in [0.717, 1.165) is 18.7 Å². The van der Waals surface area contributed by atoms with Crippen LogP contribution in [0, 0.1) is 11.7 Å². The second kappa shape index (κ2) is 6.90. The zero-order valence-corrected chi connectivity index (χ0v) is 14.5. The number of halogens is 1. The fourth-order valence-corrected chi connectivity index (χ4v) is 3.92. The van der Waals surface area contributed by atoms with E-state index in [4.69, 9.17) is 0 Å². The van der Waals surface area contributed by atoms with E-state index in [9.17, 15) is 14.0 Å². The molecule has 0 unspecified atom stereocenters. The number of fused-ring (bicyclic) bond motifs is 1. The molecule has 5 heteroatoms. The van der Waals surface area contributed by atoms with Crippen LogP contribution in [0.15, 0.2) is 48.5 Å². The van der Waals surface area contributed by atoms with Crippen LogP contribution in [0.25, 0.3) is 0 Å². The Hall–Kier alpha value is -2.69. The number of amides is 2. The van der Waals surface area contributed by atoms with Crippen LogP contribution in [-0.4, -0.2) is 36.3 Å². The summed E-state index contributed by atoms with van der Waals surface area (Å²) in [7, 11) is 0. The minimum atomic E-state index is -0.496. The number of carbonyl (C=O) groups excluding carboxylic acids is 2. The maximum atomic E-state index is 13.8. The van der Waals surface area contributed by atoms with Gasteiger partial charge in [-0.15, -0.1) is 0 Å². The van der Waals surface area contributed by atoms with Gasteiger partial charge in [0.2, 0.25) is 5.91 Å². The Morgan fingerprint density at radius 1 is 0.923 bits per heavy atom. The Bertz CT molecular complexity index is 843. The summed E-state index contributed by atoms with van der Waals surface area (Å²) in [6.07, 6.45) is 2.14. The van der Waals surface area contributed by atoms with Crippen molar-refractivity contribution < 1.29 is 14.0 Å². The number of likely N-dealkylation sites (tertiary alicyclic amines) is 1. The number of anilines is 1. The maximum absolute atomic E-state index is 13.8. The molecule has 4 nitrogen and oxygen atoms in total. The molecule has 2 amide bonds. The molecule has 4 rings (SSSR count). The quantitative estimate of drug-likeness (QED) is 0.832. The fraction of sp³-hybridized carbons (Fsp3) is 0.333. The molecule has 0 atom stereocenters. The van der Waals surface area contributed by atoms with Gasteiger partial charge < -0.3 is 9.80 Å². The summed E-state index contributed by atoms with van der Waals surface area (Å²) in [6.45, 7) is 1.70. The summed E-state index contributed by atoms with van der Waals surface area (Å²) in [5.74, 6) is -0.719. The molecule has 0 spiro atoms. The zero-order chi connectivity index (χ0) is 18.1. The first-order chi connectivity index (χ1) is 12.6. The van der Waals surface area contributed by atoms with Crippen molar-refractivity contribution in [2.24, 2.45) is 5.92 Å². The number of para-hydroxylation sites is 1. The molecule has 0 bridgehead atoms. The van der Waals surface area contributed by atoms with Crippen molar-refractivity contribution in [2.45, 2.75) is 19.3 Å². The first kappa shape index (κ1) is 16.8. The maximum Gasteiger partial charge on any atom is 0.256 e. The van der Waals surface area contributed by atoms with Gasteiger partial charge in [0.1, 0.15) is 5.82 Å². The van der Waals surface area contributed by atoms with E-state index in [1.54, 1.807) is 17.0 Å². The minimum absolute atomic E-state index is 0.0779. The zero-order valence-electron chi connectivity index (χ0n) is 14.5. The van der Waals surface area contributed by atoms with Gasteiger partial charge >= 0.3 is 0 Å². The van der Waals surface area contributed by atoms with E-state index in [1.807, 2.05) is 23.1 Å². The fourth-order valence-electron chi connectivity index (χ4n) is 3.92. The highest BCUT2D eigenvalue weighted by Crippen LogP contribution is 2.31. The lowest BCUT2D eigenvalue weighted by atomic mass is 9.94. The Labute approximate surface area is 152 Å². The largest absolute Gasteiger partial charge is 0.339 e. The molecule has 2 aromatic rings. The van der Waals surface area contributed by atoms with Crippen LogP contribution >= 0.6 is 0 Å². The van der Waals surface area contributed by atoms with E-state index in [2.05, 4.69) is 6.07 Å². The molecule has 0 aromatic heterocycles. The van der Waals surface area contributed by atoms with Crippen LogP contribution in [-0.2, 0) is 11.2 Å². The monoisotopic (exact) mass is 352 g/mol. The molecule has 2 aliphatic heterocycles. The van der Waals surface area contributed by atoms with Crippen LogP contribution in [0.3, 0.4) is 0 Å². The molecule has 0 saturated carbocycles. The first-order valence-corrected chi connectivity index (χ1v) is 9.08. The summed E-state index contributed by atoms with van der Waals surface area (Å²) in [4.78, 5) is 29.0. The minimum Gasteiger partial charge on any atom is -0.339 e.